The van der Waals surface area contributed by atoms with E-state index in [0.717, 1.165) is 25.9 Å². The third-order valence-electron chi connectivity index (χ3n) is 1.61. The summed E-state index contributed by atoms with van der Waals surface area (Å²) in [6, 6.07) is 0. The summed E-state index contributed by atoms with van der Waals surface area (Å²) in [5.74, 6) is 0. The Morgan fingerprint density at radius 2 is 1.70 bits per heavy atom. The maximum absolute atomic E-state index is 10.5. The van der Waals surface area contributed by atoms with Crippen LogP contribution in [0.4, 0.5) is 0 Å². The van der Waals surface area contributed by atoms with Gasteiger partial charge < -0.3 is 10.0 Å². The third-order valence-corrected chi connectivity index (χ3v) is 1.87. The molecule has 0 atom stereocenters. The van der Waals surface area contributed by atoms with Gasteiger partial charge in [0.2, 0.25) is 0 Å². The molecule has 0 bridgehead atoms. The molecule has 10 heavy (non-hydrogen) atoms. The van der Waals surface area contributed by atoms with Gasteiger partial charge in [0.25, 0.3) is 0 Å². The van der Waals surface area contributed by atoms with E-state index in [1.807, 2.05) is 0 Å². The summed E-state index contributed by atoms with van der Waals surface area (Å²) in [5.41, 5.74) is 0. The van der Waals surface area contributed by atoms with Crippen molar-refractivity contribution in [3.63, 3.8) is 0 Å². The Bertz CT molecular complexity index is 114. The maximum Gasteiger partial charge on any atom is 1.00 e. The molecule has 1 heterocycles. The molecule has 4 heteroatoms. The largest absolute Gasteiger partial charge is 1.00 e. The minimum atomic E-state index is -0.185. The molecule has 1 aliphatic rings. The van der Waals surface area contributed by atoms with Gasteiger partial charge in [0.05, 0.1) is 0 Å². The second-order valence-electron chi connectivity index (χ2n) is 2.31. The molecule has 0 radical (unpaired) electrons. The molecule has 0 aromatic rings. The molecule has 0 unspecified atom stereocenters. The molecule has 0 saturated carbocycles. The van der Waals surface area contributed by atoms with Gasteiger partial charge in [-0.3, -0.25) is 0 Å². The van der Waals surface area contributed by atoms with Crippen LogP contribution < -0.4 is 34.7 Å². The van der Waals surface area contributed by atoms with Crippen molar-refractivity contribution in [1.29, 1.82) is 0 Å². The van der Waals surface area contributed by atoms with E-state index in [1.54, 1.807) is 4.90 Å². The zero-order chi connectivity index (χ0) is 6.69. The molecule has 1 saturated heterocycles. The fraction of sp³-hybridized carbons (Fsp3) is 0.833. The first kappa shape index (κ1) is 10.7. The summed E-state index contributed by atoms with van der Waals surface area (Å²) < 4.78 is 0. The average Bonchev–Trinajstić information content (AvgIpc) is 1.90. The molecular formula is C6H10NNaOS. The van der Waals surface area contributed by atoms with Crippen LogP contribution >= 0.6 is 12.2 Å². The van der Waals surface area contributed by atoms with Crippen LogP contribution in [0.3, 0.4) is 0 Å². The number of thiocarbonyl (C=S) groups is 1. The topological polar surface area (TPSA) is 26.3 Å². The van der Waals surface area contributed by atoms with Crippen LogP contribution in [-0.4, -0.2) is 23.2 Å². The van der Waals surface area contributed by atoms with E-state index in [-0.39, 0.29) is 34.7 Å². The van der Waals surface area contributed by atoms with E-state index in [4.69, 9.17) is 0 Å². The quantitative estimate of drug-likeness (QED) is 0.286. The maximum atomic E-state index is 10.5. The zero-order valence-electron chi connectivity index (χ0n) is 6.30. The van der Waals surface area contributed by atoms with Gasteiger partial charge in [-0.2, -0.15) is 0 Å². The number of rotatable bonds is 0. The molecule has 0 aliphatic carbocycles. The van der Waals surface area contributed by atoms with Crippen LogP contribution in [0.1, 0.15) is 19.3 Å². The predicted molar refractivity (Wildman–Crippen MR) is 38.0 cm³/mol. The van der Waals surface area contributed by atoms with Crippen molar-refractivity contribution in [3.8, 4) is 0 Å². The molecule has 2 nitrogen and oxygen atoms in total. The first-order chi connectivity index (χ1) is 4.30. The SMILES string of the molecule is [Na+].[O-]C(=S)N1CCCCC1. The Morgan fingerprint density at radius 1 is 1.20 bits per heavy atom. The smallest absolute Gasteiger partial charge is 0.852 e. The number of hydrogen-bond acceptors (Lipinski definition) is 2. The number of hydrogen-bond donors (Lipinski definition) is 0. The van der Waals surface area contributed by atoms with E-state index in [9.17, 15) is 5.11 Å². The Kier molecular flexibility index (Phi) is 5.72. The molecule has 0 amide bonds. The van der Waals surface area contributed by atoms with Gasteiger partial charge in [0, 0.05) is 18.3 Å². The van der Waals surface area contributed by atoms with Crippen molar-refractivity contribution in [3.05, 3.63) is 0 Å². The molecule has 0 aromatic carbocycles. The van der Waals surface area contributed by atoms with E-state index < -0.39 is 0 Å². The summed E-state index contributed by atoms with van der Waals surface area (Å²) in [4.78, 5) is 1.73. The Balaban J connectivity index is 0.000000810. The second kappa shape index (κ2) is 5.35. The van der Waals surface area contributed by atoms with Gasteiger partial charge in [-0.05, 0) is 19.3 Å². The first-order valence-corrected chi connectivity index (χ1v) is 3.67. The van der Waals surface area contributed by atoms with Crippen LogP contribution in [0.5, 0.6) is 0 Å². The summed E-state index contributed by atoms with van der Waals surface area (Å²) in [7, 11) is 0. The molecule has 1 aliphatic heterocycles. The fourth-order valence-corrected chi connectivity index (χ4v) is 1.26. The van der Waals surface area contributed by atoms with Gasteiger partial charge in [-0.1, -0.05) is 12.2 Å². The van der Waals surface area contributed by atoms with Crippen LogP contribution in [0, 0.1) is 0 Å². The Labute approximate surface area is 88.9 Å². The Hall–Kier alpha value is 0.690. The summed E-state index contributed by atoms with van der Waals surface area (Å²) in [5, 5.41) is 10.4. The zero-order valence-corrected chi connectivity index (χ0v) is 9.12. The Morgan fingerprint density at radius 3 is 2.00 bits per heavy atom. The van der Waals surface area contributed by atoms with Crippen molar-refractivity contribution in [2.24, 2.45) is 0 Å². The number of likely N-dealkylation sites (tertiary alicyclic amines) is 1. The van der Waals surface area contributed by atoms with Crippen molar-refractivity contribution in [1.82, 2.24) is 4.90 Å². The van der Waals surface area contributed by atoms with Crippen molar-refractivity contribution >= 4 is 17.4 Å². The standard InChI is InChI=1S/C6H11NOS.Na/c8-6(9)7-4-2-1-3-5-7;/h1-5H2,(H,8,9);/q;+1/p-1. The molecular weight excluding hydrogens is 157 g/mol. The van der Waals surface area contributed by atoms with Gasteiger partial charge in [0.1, 0.15) is 0 Å². The fourth-order valence-electron chi connectivity index (χ4n) is 1.08. The molecule has 0 aromatic heterocycles. The molecule has 1 rings (SSSR count). The minimum absolute atomic E-state index is 0. The van der Waals surface area contributed by atoms with Crippen molar-refractivity contribution in [2.45, 2.75) is 19.3 Å². The summed E-state index contributed by atoms with van der Waals surface area (Å²) in [6.07, 6.45) is 3.50. The molecule has 0 spiro atoms. The third kappa shape index (κ3) is 3.19. The first-order valence-electron chi connectivity index (χ1n) is 3.26. The monoisotopic (exact) mass is 167 g/mol. The van der Waals surface area contributed by atoms with Crippen molar-refractivity contribution < 1.29 is 34.7 Å². The van der Waals surface area contributed by atoms with Crippen LogP contribution in [0.2, 0.25) is 0 Å². The van der Waals surface area contributed by atoms with E-state index >= 15 is 0 Å². The van der Waals surface area contributed by atoms with Gasteiger partial charge in [0.15, 0.2) is 0 Å². The molecule has 52 valence electrons. The average molecular weight is 167 g/mol. The van der Waals surface area contributed by atoms with E-state index in [0.29, 0.717) is 0 Å². The predicted octanol–water partition coefficient (Wildman–Crippen LogP) is -2.88. The summed E-state index contributed by atoms with van der Waals surface area (Å²) >= 11 is 4.49. The van der Waals surface area contributed by atoms with E-state index in [2.05, 4.69) is 12.2 Å². The normalized spacial score (nSPS) is 17.8. The van der Waals surface area contributed by atoms with Gasteiger partial charge in [-0.25, -0.2) is 0 Å². The van der Waals surface area contributed by atoms with Crippen LogP contribution in [-0.2, 0) is 0 Å². The van der Waals surface area contributed by atoms with Crippen molar-refractivity contribution in [2.75, 3.05) is 13.1 Å². The van der Waals surface area contributed by atoms with Crippen LogP contribution in [0.15, 0.2) is 0 Å². The minimum Gasteiger partial charge on any atom is -0.852 e. The number of piperidine rings is 1. The molecule has 0 N–H and O–H groups in total. The van der Waals surface area contributed by atoms with Gasteiger partial charge in [-0.15, -0.1) is 0 Å². The van der Waals surface area contributed by atoms with E-state index in [1.165, 1.54) is 6.42 Å². The second-order valence-corrected chi connectivity index (χ2v) is 2.66. The van der Waals surface area contributed by atoms with Crippen LogP contribution in [0.25, 0.3) is 0 Å². The summed E-state index contributed by atoms with van der Waals surface area (Å²) in [6.45, 7) is 1.75. The van der Waals surface area contributed by atoms with Gasteiger partial charge >= 0.3 is 29.6 Å². The number of nitrogens with zero attached hydrogens (tertiary/aromatic N) is 1. The molecule has 1 fully saturated rings.